The van der Waals surface area contributed by atoms with E-state index in [-0.39, 0.29) is 30.2 Å². The molecule has 1 atom stereocenters. The minimum absolute atomic E-state index is 0.152. The zero-order chi connectivity index (χ0) is 33.6. The molecule has 0 spiro atoms. The van der Waals surface area contributed by atoms with Crippen LogP contribution in [0.4, 0.5) is 4.39 Å². The quantitative estimate of drug-likeness (QED) is 0.160. The van der Waals surface area contributed by atoms with Crippen molar-refractivity contribution in [3.05, 3.63) is 150 Å². The van der Waals surface area contributed by atoms with Gasteiger partial charge in [-0.05, 0) is 61.4 Å². The van der Waals surface area contributed by atoms with Gasteiger partial charge >= 0.3 is 5.97 Å². The summed E-state index contributed by atoms with van der Waals surface area (Å²) < 4.78 is 38.5. The Kier molecular flexibility index (Phi) is 9.82. The third-order valence-electron chi connectivity index (χ3n) is 7.68. The van der Waals surface area contributed by atoms with Crippen molar-refractivity contribution in [3.63, 3.8) is 0 Å². The maximum atomic E-state index is 14.3. The van der Waals surface area contributed by atoms with E-state index in [0.29, 0.717) is 50.0 Å². The molecule has 8 nitrogen and oxygen atoms in total. The molecule has 0 saturated carbocycles. The fraction of sp³-hybridized carbons (Fsp3) is 0.184. The van der Waals surface area contributed by atoms with Gasteiger partial charge in [0.15, 0.2) is 16.3 Å². The summed E-state index contributed by atoms with van der Waals surface area (Å²) in [5, 5.41) is 0. The van der Waals surface area contributed by atoms with Gasteiger partial charge in [0.1, 0.15) is 24.2 Å². The number of fused-ring (bicyclic) bond motifs is 1. The predicted molar refractivity (Wildman–Crippen MR) is 182 cm³/mol. The summed E-state index contributed by atoms with van der Waals surface area (Å²) >= 11 is 1.22. The van der Waals surface area contributed by atoms with Gasteiger partial charge < -0.3 is 18.9 Å². The lowest BCUT2D eigenvalue weighted by Gasteiger charge is -2.27. The molecule has 0 fully saturated rings. The van der Waals surface area contributed by atoms with Crippen molar-refractivity contribution in [2.75, 3.05) is 20.3 Å². The molecule has 48 heavy (non-hydrogen) atoms. The van der Waals surface area contributed by atoms with E-state index < -0.39 is 12.0 Å². The van der Waals surface area contributed by atoms with Gasteiger partial charge in [0.25, 0.3) is 5.56 Å². The molecule has 0 bridgehead atoms. The topological polar surface area (TPSA) is 88.4 Å². The average Bonchev–Trinajstić information content (AvgIpc) is 3.42. The number of para-hydroxylation sites is 1. The molecule has 0 aliphatic carbocycles. The van der Waals surface area contributed by atoms with Crippen LogP contribution in [0.5, 0.6) is 17.2 Å². The smallest absolute Gasteiger partial charge is 0.338 e. The number of halogens is 1. The summed E-state index contributed by atoms with van der Waals surface area (Å²) in [7, 11) is 1.55. The van der Waals surface area contributed by atoms with E-state index in [2.05, 4.69) is 0 Å². The van der Waals surface area contributed by atoms with Gasteiger partial charge in [-0.3, -0.25) is 9.36 Å². The highest BCUT2D eigenvalue weighted by atomic mass is 32.1. The first kappa shape index (κ1) is 32.5. The van der Waals surface area contributed by atoms with Gasteiger partial charge in [-0.1, -0.05) is 78.1 Å². The summed E-state index contributed by atoms with van der Waals surface area (Å²) in [6.07, 6.45) is 1.77. The van der Waals surface area contributed by atoms with Crippen molar-refractivity contribution < 1.29 is 28.1 Å². The SMILES string of the molecule is CCOC(=O)C1=C(c2ccccc2)N=c2s/c(=C/c3ccc(OCc4ccc(F)cc4)c(OCC)c3)c(=O)n2[C@H]1c1ccccc1OC. The Morgan fingerprint density at radius 1 is 0.896 bits per heavy atom. The Morgan fingerprint density at radius 3 is 2.38 bits per heavy atom. The molecule has 4 aromatic carbocycles. The van der Waals surface area contributed by atoms with Crippen molar-refractivity contribution in [2.45, 2.75) is 26.5 Å². The van der Waals surface area contributed by atoms with Crippen LogP contribution in [0.15, 0.2) is 112 Å². The van der Waals surface area contributed by atoms with Crippen LogP contribution in [0.25, 0.3) is 11.8 Å². The molecule has 5 aromatic rings. The van der Waals surface area contributed by atoms with Crippen LogP contribution in [-0.2, 0) is 16.1 Å². The second-order valence-electron chi connectivity index (χ2n) is 10.7. The minimum atomic E-state index is -0.866. The van der Waals surface area contributed by atoms with Gasteiger partial charge in [0, 0.05) is 11.1 Å². The first-order valence-electron chi connectivity index (χ1n) is 15.5. The molecular weight excluding hydrogens is 631 g/mol. The average molecular weight is 665 g/mol. The summed E-state index contributed by atoms with van der Waals surface area (Å²) in [6.45, 7) is 4.39. The van der Waals surface area contributed by atoms with Gasteiger partial charge in [0.05, 0.1) is 36.1 Å². The number of carbonyl (C=O) groups excluding carboxylic acids is 1. The molecule has 0 amide bonds. The number of carbonyl (C=O) groups is 1. The highest BCUT2D eigenvalue weighted by Crippen LogP contribution is 2.38. The third-order valence-corrected chi connectivity index (χ3v) is 8.66. The maximum Gasteiger partial charge on any atom is 0.338 e. The van der Waals surface area contributed by atoms with Gasteiger partial charge in [-0.2, -0.15) is 0 Å². The van der Waals surface area contributed by atoms with Crippen LogP contribution < -0.4 is 29.1 Å². The first-order valence-corrected chi connectivity index (χ1v) is 16.3. The number of aromatic nitrogens is 1. The fourth-order valence-electron chi connectivity index (χ4n) is 5.52. The highest BCUT2D eigenvalue weighted by Gasteiger charge is 2.36. The number of rotatable bonds is 11. The Bertz CT molecular complexity index is 2160. The predicted octanol–water partition coefficient (Wildman–Crippen LogP) is 6.06. The number of thiazole rings is 1. The van der Waals surface area contributed by atoms with E-state index >= 15 is 0 Å². The van der Waals surface area contributed by atoms with E-state index in [1.54, 1.807) is 50.4 Å². The maximum absolute atomic E-state index is 14.3. The number of hydrogen-bond donors (Lipinski definition) is 0. The molecule has 1 aromatic heterocycles. The van der Waals surface area contributed by atoms with E-state index in [0.717, 1.165) is 11.1 Å². The Labute approximate surface area is 280 Å². The Morgan fingerprint density at radius 2 is 1.65 bits per heavy atom. The second-order valence-corrected chi connectivity index (χ2v) is 11.7. The highest BCUT2D eigenvalue weighted by molar-refractivity contribution is 7.07. The molecule has 0 saturated heterocycles. The molecule has 0 radical (unpaired) electrons. The monoisotopic (exact) mass is 664 g/mol. The number of methoxy groups -OCH3 is 1. The summed E-state index contributed by atoms with van der Waals surface area (Å²) in [5.74, 6) is 0.659. The molecule has 0 N–H and O–H groups in total. The lowest BCUT2D eigenvalue weighted by atomic mass is 9.92. The lowest BCUT2D eigenvalue weighted by molar-refractivity contribution is -0.138. The number of nitrogens with zero attached hydrogens (tertiary/aromatic N) is 2. The van der Waals surface area contributed by atoms with Gasteiger partial charge in [-0.15, -0.1) is 0 Å². The van der Waals surface area contributed by atoms with E-state index in [4.69, 9.17) is 23.9 Å². The van der Waals surface area contributed by atoms with Crippen molar-refractivity contribution >= 4 is 29.1 Å². The summed E-state index contributed by atoms with van der Waals surface area (Å²) in [4.78, 5) is 33.4. The van der Waals surface area contributed by atoms with Crippen molar-refractivity contribution in [1.29, 1.82) is 0 Å². The van der Waals surface area contributed by atoms with Crippen LogP contribution in [-0.4, -0.2) is 30.9 Å². The normalized spacial score (nSPS) is 14.2. The van der Waals surface area contributed by atoms with Crippen molar-refractivity contribution in [3.8, 4) is 17.2 Å². The molecule has 6 rings (SSSR count). The van der Waals surface area contributed by atoms with Gasteiger partial charge in [-0.25, -0.2) is 14.2 Å². The molecule has 1 aliphatic rings. The van der Waals surface area contributed by atoms with Crippen LogP contribution in [0.3, 0.4) is 0 Å². The molecule has 0 unspecified atom stereocenters. The van der Waals surface area contributed by atoms with Crippen molar-refractivity contribution in [2.24, 2.45) is 4.99 Å². The number of ether oxygens (including phenoxy) is 4. The minimum Gasteiger partial charge on any atom is -0.496 e. The zero-order valence-corrected chi connectivity index (χ0v) is 27.5. The Balaban J connectivity index is 1.49. The van der Waals surface area contributed by atoms with E-state index in [9.17, 15) is 14.0 Å². The standard InChI is InChI=1S/C38H33FN2O6S/c1-4-45-31-21-25(17-20-30(31)47-23-24-15-18-27(39)19-16-24)22-32-36(42)41-35(28-13-9-10-14-29(28)44-3)33(37(43)46-5-2)34(40-38(41)48-32)26-11-7-6-8-12-26/h6-22,35H,4-5,23H2,1-3H3/b32-22+/t35-/m0/s1. The van der Waals surface area contributed by atoms with Crippen LogP contribution in [0, 0.1) is 5.82 Å². The molecular formula is C38H33FN2O6S. The van der Waals surface area contributed by atoms with Crippen LogP contribution in [0.1, 0.15) is 42.1 Å². The van der Waals surface area contributed by atoms with Gasteiger partial charge in [0.2, 0.25) is 0 Å². The lowest BCUT2D eigenvalue weighted by Crippen LogP contribution is -2.40. The number of hydrogen-bond acceptors (Lipinski definition) is 8. The summed E-state index contributed by atoms with van der Waals surface area (Å²) in [5.41, 5.74) is 3.21. The third kappa shape index (κ3) is 6.65. The molecule has 244 valence electrons. The molecule has 1 aliphatic heterocycles. The van der Waals surface area contributed by atoms with E-state index in [1.807, 2.05) is 61.5 Å². The fourth-order valence-corrected chi connectivity index (χ4v) is 6.52. The summed E-state index contributed by atoms with van der Waals surface area (Å²) in [6, 6.07) is 27.3. The van der Waals surface area contributed by atoms with Crippen LogP contribution >= 0.6 is 11.3 Å². The van der Waals surface area contributed by atoms with Crippen molar-refractivity contribution in [1.82, 2.24) is 4.57 Å². The second kappa shape index (κ2) is 14.5. The number of esters is 1. The largest absolute Gasteiger partial charge is 0.496 e. The molecule has 10 heteroatoms. The number of benzene rings is 4. The first-order chi connectivity index (χ1) is 23.4. The zero-order valence-electron chi connectivity index (χ0n) is 26.6. The van der Waals surface area contributed by atoms with E-state index in [1.165, 1.54) is 28.0 Å². The van der Waals surface area contributed by atoms with Crippen LogP contribution in [0.2, 0.25) is 0 Å². The molecule has 2 heterocycles. The Hall–Kier alpha value is -5.48.